The number of aromatic nitrogens is 2. The molecule has 3 rings (SSSR count). The number of nitrogens with zero attached hydrogens (tertiary/aromatic N) is 3. The first-order chi connectivity index (χ1) is 17.4. The van der Waals surface area contributed by atoms with Gasteiger partial charge in [-0.15, -0.1) is 5.10 Å². The van der Waals surface area contributed by atoms with E-state index in [4.69, 9.17) is 9.47 Å². The molecular formula is C28H40N4O5. The molecular weight excluding hydrogens is 472 g/mol. The van der Waals surface area contributed by atoms with Gasteiger partial charge >= 0.3 is 12.1 Å². The maximum absolute atomic E-state index is 13.6. The quantitative estimate of drug-likeness (QED) is 0.459. The summed E-state index contributed by atoms with van der Waals surface area (Å²) in [5.41, 5.74) is 0.855. The summed E-state index contributed by atoms with van der Waals surface area (Å²) in [6.07, 6.45) is 4.76. The summed E-state index contributed by atoms with van der Waals surface area (Å²) in [5, 5.41) is 7.38. The summed E-state index contributed by atoms with van der Waals surface area (Å²) in [7, 11) is 0. The Morgan fingerprint density at radius 1 is 1.11 bits per heavy atom. The second kappa shape index (κ2) is 11.8. The van der Waals surface area contributed by atoms with Crippen molar-refractivity contribution in [1.29, 1.82) is 0 Å². The third-order valence-corrected chi connectivity index (χ3v) is 6.31. The molecule has 37 heavy (non-hydrogen) atoms. The third kappa shape index (κ3) is 7.33. The van der Waals surface area contributed by atoms with Gasteiger partial charge in [-0.05, 0) is 97.4 Å². The Kier molecular flexibility index (Phi) is 8.99. The van der Waals surface area contributed by atoms with Crippen LogP contribution >= 0.6 is 0 Å². The zero-order chi connectivity index (χ0) is 27.3. The average Bonchev–Trinajstić information content (AvgIpc) is 3.23. The minimum Gasteiger partial charge on any atom is -0.462 e. The Morgan fingerprint density at radius 3 is 2.27 bits per heavy atom. The first-order valence-electron chi connectivity index (χ1n) is 13.1. The van der Waals surface area contributed by atoms with Gasteiger partial charge in [-0.3, -0.25) is 15.0 Å². The van der Waals surface area contributed by atoms with E-state index >= 15 is 0 Å². The maximum atomic E-state index is 13.6. The van der Waals surface area contributed by atoms with Crippen molar-refractivity contribution in [3.63, 3.8) is 0 Å². The van der Waals surface area contributed by atoms with Crippen LogP contribution in [0.2, 0.25) is 0 Å². The predicted octanol–water partition coefficient (Wildman–Crippen LogP) is 5.96. The molecule has 1 aromatic heterocycles. The molecule has 2 aromatic rings. The number of anilines is 2. The number of esters is 1. The maximum Gasteiger partial charge on any atom is 0.412 e. The molecule has 1 aliphatic rings. The summed E-state index contributed by atoms with van der Waals surface area (Å²) in [4.78, 5) is 40.3. The molecule has 0 spiro atoms. The molecule has 0 atom stereocenters. The molecule has 1 heterocycles. The highest BCUT2D eigenvalue weighted by Crippen LogP contribution is 2.33. The van der Waals surface area contributed by atoms with E-state index in [0.717, 1.165) is 25.7 Å². The van der Waals surface area contributed by atoms with Crippen molar-refractivity contribution in [1.82, 2.24) is 9.78 Å². The van der Waals surface area contributed by atoms with Crippen molar-refractivity contribution < 1.29 is 23.9 Å². The molecule has 0 unspecified atom stereocenters. The van der Waals surface area contributed by atoms with Gasteiger partial charge in [0.05, 0.1) is 12.3 Å². The normalized spacial score (nSPS) is 17.8. The fourth-order valence-corrected chi connectivity index (χ4v) is 4.45. The smallest absolute Gasteiger partial charge is 0.412 e. The monoisotopic (exact) mass is 512 g/mol. The van der Waals surface area contributed by atoms with Gasteiger partial charge in [0, 0.05) is 23.8 Å². The van der Waals surface area contributed by atoms with Gasteiger partial charge < -0.3 is 9.47 Å². The molecule has 0 radical (unpaired) electrons. The van der Waals surface area contributed by atoms with Gasteiger partial charge in [-0.1, -0.05) is 6.92 Å². The number of ether oxygens (including phenoxy) is 2. The van der Waals surface area contributed by atoms with Crippen LogP contribution < -0.4 is 10.2 Å². The van der Waals surface area contributed by atoms with Gasteiger partial charge in [0.15, 0.2) is 5.82 Å². The van der Waals surface area contributed by atoms with Gasteiger partial charge in [-0.25, -0.2) is 14.3 Å². The number of nitrogens with one attached hydrogen (secondary N) is 1. The molecule has 2 amide bonds. The Balaban J connectivity index is 1.91. The van der Waals surface area contributed by atoms with E-state index in [-0.39, 0.29) is 30.0 Å². The molecule has 1 N–H and O–H groups in total. The molecule has 1 aliphatic carbocycles. The van der Waals surface area contributed by atoms with E-state index in [0.29, 0.717) is 23.1 Å². The highest BCUT2D eigenvalue weighted by atomic mass is 16.6. The van der Waals surface area contributed by atoms with E-state index in [1.54, 1.807) is 67.7 Å². The van der Waals surface area contributed by atoms with Crippen LogP contribution in [0.4, 0.5) is 16.3 Å². The molecule has 0 bridgehead atoms. The second-order valence-electron chi connectivity index (χ2n) is 11.0. The van der Waals surface area contributed by atoms with Gasteiger partial charge in [0.25, 0.3) is 0 Å². The predicted molar refractivity (Wildman–Crippen MR) is 143 cm³/mol. The van der Waals surface area contributed by atoms with Crippen molar-refractivity contribution in [3.05, 3.63) is 36.0 Å². The molecule has 0 aliphatic heterocycles. The summed E-state index contributed by atoms with van der Waals surface area (Å²) in [6.45, 7) is 13.4. The minimum atomic E-state index is -0.603. The lowest BCUT2D eigenvalue weighted by Gasteiger charge is -2.32. The second-order valence-corrected chi connectivity index (χ2v) is 11.0. The van der Waals surface area contributed by atoms with Crippen LogP contribution in [0.5, 0.6) is 0 Å². The first kappa shape index (κ1) is 28.2. The molecule has 9 nitrogen and oxygen atoms in total. The average molecular weight is 513 g/mol. The molecule has 202 valence electrons. The van der Waals surface area contributed by atoms with Crippen LogP contribution in [0, 0.1) is 11.8 Å². The summed E-state index contributed by atoms with van der Waals surface area (Å²) < 4.78 is 12.2. The van der Waals surface area contributed by atoms with Crippen molar-refractivity contribution in [2.24, 2.45) is 11.8 Å². The van der Waals surface area contributed by atoms with E-state index < -0.39 is 17.7 Å². The van der Waals surface area contributed by atoms with E-state index in [9.17, 15) is 14.4 Å². The number of amides is 2. The van der Waals surface area contributed by atoms with Crippen molar-refractivity contribution in [2.45, 2.75) is 85.8 Å². The van der Waals surface area contributed by atoms with Gasteiger partial charge in [0.1, 0.15) is 11.2 Å². The van der Waals surface area contributed by atoms with E-state index in [1.807, 2.05) is 13.8 Å². The minimum absolute atomic E-state index is 0.00499. The zero-order valence-corrected chi connectivity index (χ0v) is 23.0. The van der Waals surface area contributed by atoms with Crippen molar-refractivity contribution in [2.75, 3.05) is 16.8 Å². The summed E-state index contributed by atoms with van der Waals surface area (Å²) >= 11 is 0. The lowest BCUT2D eigenvalue weighted by atomic mass is 9.82. The SMILES string of the molecule is CCOC(=O)c1cn(-c2ccc(NC(=O)OC(C)(C)C)cc2)nc1N(C(=O)[C@H]1CC[C@H](C)CC1)C(C)C. The van der Waals surface area contributed by atoms with Crippen LogP contribution in [0.3, 0.4) is 0 Å². The van der Waals surface area contributed by atoms with Crippen molar-refractivity contribution in [3.8, 4) is 5.69 Å². The number of hydrogen-bond acceptors (Lipinski definition) is 6. The fraction of sp³-hybridized carbons (Fsp3) is 0.571. The molecule has 9 heteroatoms. The summed E-state index contributed by atoms with van der Waals surface area (Å²) in [6, 6.07) is 6.78. The van der Waals surface area contributed by atoms with Crippen molar-refractivity contribution >= 4 is 29.5 Å². The topological polar surface area (TPSA) is 103 Å². The van der Waals surface area contributed by atoms with E-state index in [1.165, 1.54) is 0 Å². The number of rotatable bonds is 7. The van der Waals surface area contributed by atoms with Crippen LogP contribution in [-0.2, 0) is 14.3 Å². The van der Waals surface area contributed by atoms with Gasteiger partial charge in [0.2, 0.25) is 5.91 Å². The number of carbonyl (C=O) groups excluding carboxylic acids is 3. The highest BCUT2D eigenvalue weighted by molar-refractivity contribution is 6.02. The Morgan fingerprint density at radius 2 is 1.73 bits per heavy atom. The first-order valence-corrected chi connectivity index (χ1v) is 13.1. The number of benzene rings is 1. The fourth-order valence-electron chi connectivity index (χ4n) is 4.45. The molecule has 1 fully saturated rings. The summed E-state index contributed by atoms with van der Waals surface area (Å²) in [5.74, 6) is 0.306. The number of carbonyl (C=O) groups is 3. The van der Waals surface area contributed by atoms with Crippen LogP contribution in [-0.4, -0.2) is 46.0 Å². The molecule has 1 saturated carbocycles. The van der Waals surface area contributed by atoms with Crippen LogP contribution in [0.15, 0.2) is 30.5 Å². The standard InChI is InChI=1S/C28H40N4O5/c1-8-36-26(34)23-17-31(22-15-13-21(14-16-22)29-27(35)37-28(5,6)7)30-24(23)32(18(2)3)25(33)20-11-9-19(4)10-12-20/h13-20H,8-12H2,1-7H3,(H,29,35)/t19-,20-. The highest BCUT2D eigenvalue weighted by Gasteiger charge is 2.34. The van der Waals surface area contributed by atoms with E-state index in [2.05, 4.69) is 17.3 Å². The largest absolute Gasteiger partial charge is 0.462 e. The lowest BCUT2D eigenvalue weighted by Crippen LogP contribution is -2.43. The molecule has 0 saturated heterocycles. The van der Waals surface area contributed by atoms with Crippen LogP contribution in [0.25, 0.3) is 5.69 Å². The Labute approximate surface area is 219 Å². The van der Waals surface area contributed by atoms with Crippen LogP contribution in [0.1, 0.15) is 84.5 Å². The Bertz CT molecular complexity index is 1090. The van der Waals surface area contributed by atoms with Gasteiger partial charge in [-0.2, -0.15) is 0 Å². The number of hydrogen-bond donors (Lipinski definition) is 1. The Hall–Kier alpha value is -3.36. The molecule has 1 aromatic carbocycles. The zero-order valence-electron chi connectivity index (χ0n) is 23.0. The lowest BCUT2D eigenvalue weighted by molar-refractivity contribution is -0.124. The third-order valence-electron chi connectivity index (χ3n) is 6.31.